The molecule has 0 unspecified atom stereocenters. The van der Waals surface area contributed by atoms with Gasteiger partial charge in [0.1, 0.15) is 6.17 Å². The normalized spacial score (nSPS) is 28.1. The van der Waals surface area contributed by atoms with Gasteiger partial charge < -0.3 is 5.32 Å². The third-order valence-corrected chi connectivity index (χ3v) is 0.848. The highest BCUT2D eigenvalue weighted by Crippen LogP contribution is 1.94. The van der Waals surface area contributed by atoms with Crippen molar-refractivity contribution in [3.05, 3.63) is 12.3 Å². The fourth-order valence-electron chi connectivity index (χ4n) is 0.545. The van der Waals surface area contributed by atoms with E-state index in [9.17, 15) is 0 Å². The summed E-state index contributed by atoms with van der Waals surface area (Å²) in [6, 6.07) is 0. The maximum atomic E-state index is 3.98. The molecule has 0 bridgehead atoms. The SMILES string of the molecule is C=C1C=N[C@H](C)N1. The van der Waals surface area contributed by atoms with Crippen LogP contribution in [0.3, 0.4) is 0 Å². The van der Waals surface area contributed by atoms with Gasteiger partial charge in [-0.25, -0.2) is 0 Å². The van der Waals surface area contributed by atoms with Crippen molar-refractivity contribution >= 4 is 6.21 Å². The Labute approximate surface area is 42.9 Å². The van der Waals surface area contributed by atoms with Gasteiger partial charge in [0.25, 0.3) is 0 Å². The van der Waals surface area contributed by atoms with Crippen LogP contribution in [0, 0.1) is 0 Å². The smallest absolute Gasteiger partial charge is 0.115 e. The van der Waals surface area contributed by atoms with Crippen LogP contribution in [0.1, 0.15) is 6.92 Å². The van der Waals surface area contributed by atoms with Crippen molar-refractivity contribution in [3.63, 3.8) is 0 Å². The summed E-state index contributed by atoms with van der Waals surface area (Å²) in [5.41, 5.74) is 0.910. The zero-order valence-corrected chi connectivity index (χ0v) is 4.31. The van der Waals surface area contributed by atoms with Crippen LogP contribution in [-0.4, -0.2) is 12.4 Å². The molecule has 0 amide bonds. The molecule has 1 aliphatic heterocycles. The van der Waals surface area contributed by atoms with E-state index in [-0.39, 0.29) is 6.17 Å². The molecule has 1 heterocycles. The van der Waals surface area contributed by atoms with Gasteiger partial charge in [0.05, 0.1) is 0 Å². The zero-order chi connectivity index (χ0) is 5.28. The molecule has 0 aliphatic carbocycles. The molecular formula is C5H8N2. The van der Waals surface area contributed by atoms with Crippen molar-refractivity contribution in [1.82, 2.24) is 5.32 Å². The molecule has 0 saturated carbocycles. The van der Waals surface area contributed by atoms with E-state index in [1.807, 2.05) is 6.92 Å². The molecule has 1 atom stereocenters. The van der Waals surface area contributed by atoms with Crippen LogP contribution in [0.2, 0.25) is 0 Å². The monoisotopic (exact) mass is 96.1 g/mol. The van der Waals surface area contributed by atoms with Gasteiger partial charge in [-0.05, 0) is 6.92 Å². The van der Waals surface area contributed by atoms with Crippen LogP contribution < -0.4 is 5.32 Å². The topological polar surface area (TPSA) is 24.4 Å². The fourth-order valence-corrected chi connectivity index (χ4v) is 0.545. The van der Waals surface area contributed by atoms with Crippen LogP contribution >= 0.6 is 0 Å². The van der Waals surface area contributed by atoms with E-state index in [1.165, 1.54) is 0 Å². The van der Waals surface area contributed by atoms with Crippen LogP contribution in [0.4, 0.5) is 0 Å². The first-order valence-corrected chi connectivity index (χ1v) is 2.27. The van der Waals surface area contributed by atoms with E-state index < -0.39 is 0 Å². The first kappa shape index (κ1) is 4.37. The molecule has 0 aromatic heterocycles. The van der Waals surface area contributed by atoms with Crippen molar-refractivity contribution in [2.24, 2.45) is 4.99 Å². The summed E-state index contributed by atoms with van der Waals surface area (Å²) in [6.45, 7) is 5.62. The summed E-state index contributed by atoms with van der Waals surface area (Å²) < 4.78 is 0. The van der Waals surface area contributed by atoms with Crippen molar-refractivity contribution < 1.29 is 0 Å². The molecule has 0 saturated heterocycles. The lowest BCUT2D eigenvalue weighted by Gasteiger charge is -1.97. The third-order valence-electron chi connectivity index (χ3n) is 0.848. The molecule has 1 rings (SSSR count). The van der Waals surface area contributed by atoms with Crippen LogP contribution in [-0.2, 0) is 0 Å². The van der Waals surface area contributed by atoms with Crippen molar-refractivity contribution in [2.75, 3.05) is 0 Å². The molecule has 2 nitrogen and oxygen atoms in total. The van der Waals surface area contributed by atoms with Gasteiger partial charge in [0.15, 0.2) is 0 Å². The molecule has 1 aliphatic rings. The van der Waals surface area contributed by atoms with E-state index >= 15 is 0 Å². The summed E-state index contributed by atoms with van der Waals surface area (Å²) in [7, 11) is 0. The Hall–Kier alpha value is -0.790. The minimum Gasteiger partial charge on any atom is -0.363 e. The summed E-state index contributed by atoms with van der Waals surface area (Å²) >= 11 is 0. The number of hydrogen-bond acceptors (Lipinski definition) is 2. The molecule has 2 heteroatoms. The average molecular weight is 96.1 g/mol. The van der Waals surface area contributed by atoms with Gasteiger partial charge in [-0.15, -0.1) is 0 Å². The highest BCUT2D eigenvalue weighted by atomic mass is 15.1. The lowest BCUT2D eigenvalue weighted by Crippen LogP contribution is -2.15. The number of hydrogen-bond donors (Lipinski definition) is 1. The van der Waals surface area contributed by atoms with Crippen LogP contribution in [0.15, 0.2) is 17.3 Å². The Morgan fingerprint density at radius 1 is 2.00 bits per heavy atom. The van der Waals surface area contributed by atoms with Crippen molar-refractivity contribution in [1.29, 1.82) is 0 Å². The second-order valence-electron chi connectivity index (χ2n) is 1.62. The van der Waals surface area contributed by atoms with Gasteiger partial charge in [0.2, 0.25) is 0 Å². The number of rotatable bonds is 0. The largest absolute Gasteiger partial charge is 0.363 e. The fraction of sp³-hybridized carbons (Fsp3) is 0.400. The van der Waals surface area contributed by atoms with Crippen LogP contribution in [0.5, 0.6) is 0 Å². The summed E-state index contributed by atoms with van der Waals surface area (Å²) in [4.78, 5) is 3.98. The summed E-state index contributed by atoms with van der Waals surface area (Å²) in [5, 5.41) is 3.00. The maximum absolute atomic E-state index is 3.98. The second-order valence-corrected chi connectivity index (χ2v) is 1.62. The maximum Gasteiger partial charge on any atom is 0.115 e. The Balaban J connectivity index is 2.58. The molecule has 0 fully saturated rings. The molecular weight excluding hydrogens is 88.1 g/mol. The molecule has 1 N–H and O–H groups in total. The zero-order valence-electron chi connectivity index (χ0n) is 4.31. The van der Waals surface area contributed by atoms with Gasteiger partial charge in [-0.1, -0.05) is 6.58 Å². The highest BCUT2D eigenvalue weighted by molar-refractivity contribution is 5.78. The minimum atomic E-state index is 0.243. The average Bonchev–Trinajstić information content (AvgIpc) is 1.87. The second kappa shape index (κ2) is 1.37. The first-order valence-electron chi connectivity index (χ1n) is 2.27. The number of aliphatic imine (C=N–C) groups is 1. The molecule has 0 radical (unpaired) electrons. The molecule has 7 heavy (non-hydrogen) atoms. The van der Waals surface area contributed by atoms with Gasteiger partial charge in [-0.2, -0.15) is 0 Å². The van der Waals surface area contributed by atoms with Crippen molar-refractivity contribution in [3.8, 4) is 0 Å². The van der Waals surface area contributed by atoms with Crippen LogP contribution in [0.25, 0.3) is 0 Å². The van der Waals surface area contributed by atoms with E-state index in [0.717, 1.165) is 5.70 Å². The standard InChI is InChI=1S/C5H8N2/c1-4-3-6-5(2)7-4/h3,5,7H,1H2,2H3/t5-/m0/s1. The molecule has 0 aromatic carbocycles. The predicted octanol–water partition coefficient (Wildman–Crippen LogP) is 0.520. The lowest BCUT2D eigenvalue weighted by atomic mass is 10.5. The molecule has 0 aromatic rings. The van der Waals surface area contributed by atoms with Gasteiger partial charge >= 0.3 is 0 Å². The van der Waals surface area contributed by atoms with Gasteiger partial charge in [-0.3, -0.25) is 4.99 Å². The number of allylic oxidation sites excluding steroid dienone is 1. The van der Waals surface area contributed by atoms with Gasteiger partial charge in [0, 0.05) is 11.9 Å². The Morgan fingerprint density at radius 2 is 2.71 bits per heavy atom. The minimum absolute atomic E-state index is 0.243. The Bertz CT molecular complexity index is 115. The highest BCUT2D eigenvalue weighted by Gasteiger charge is 2.01. The predicted molar refractivity (Wildman–Crippen MR) is 30.2 cm³/mol. The third kappa shape index (κ3) is 0.796. The van der Waals surface area contributed by atoms with E-state index in [2.05, 4.69) is 16.9 Å². The van der Waals surface area contributed by atoms with Crippen molar-refractivity contribution in [2.45, 2.75) is 13.1 Å². The number of nitrogens with one attached hydrogen (secondary N) is 1. The quantitative estimate of drug-likeness (QED) is 0.467. The molecule has 38 valence electrons. The molecule has 0 spiro atoms. The Morgan fingerprint density at radius 3 is 2.86 bits per heavy atom. The van der Waals surface area contributed by atoms with E-state index in [0.29, 0.717) is 0 Å². The number of nitrogens with zero attached hydrogens (tertiary/aromatic N) is 1. The lowest BCUT2D eigenvalue weighted by molar-refractivity contribution is 0.694. The van der Waals surface area contributed by atoms with E-state index in [1.54, 1.807) is 6.21 Å². The van der Waals surface area contributed by atoms with E-state index in [4.69, 9.17) is 0 Å². The Kier molecular flexibility index (Phi) is 0.855. The summed E-state index contributed by atoms with van der Waals surface area (Å²) in [5.74, 6) is 0. The first-order chi connectivity index (χ1) is 3.29. The summed E-state index contributed by atoms with van der Waals surface area (Å²) in [6.07, 6.45) is 1.98.